The summed E-state index contributed by atoms with van der Waals surface area (Å²) < 4.78 is 10.9. The van der Waals surface area contributed by atoms with Crippen molar-refractivity contribution in [3.05, 3.63) is 46.6 Å². The minimum atomic E-state index is -0.383. The van der Waals surface area contributed by atoms with Gasteiger partial charge in [0.15, 0.2) is 5.75 Å². The molecule has 0 N–H and O–H groups in total. The van der Waals surface area contributed by atoms with Crippen LogP contribution in [-0.2, 0) is 6.42 Å². The predicted molar refractivity (Wildman–Crippen MR) is 106 cm³/mol. The highest BCUT2D eigenvalue weighted by Crippen LogP contribution is 2.28. The molecule has 2 heterocycles. The molecule has 1 amide bonds. The maximum Gasteiger partial charge on any atom is 0.415 e. The molecule has 6 nitrogen and oxygen atoms in total. The number of aryl methyl sites for hydroxylation is 2. The molecule has 1 saturated heterocycles. The molecule has 0 unspecified atom stereocenters. The number of anilines is 1. The van der Waals surface area contributed by atoms with Crippen LogP contribution < -0.4 is 14.4 Å². The van der Waals surface area contributed by atoms with E-state index in [1.165, 1.54) is 7.11 Å². The van der Waals surface area contributed by atoms with E-state index in [-0.39, 0.29) is 6.09 Å². The molecule has 0 aliphatic carbocycles. The number of amides is 1. The van der Waals surface area contributed by atoms with E-state index < -0.39 is 0 Å². The lowest BCUT2D eigenvalue weighted by atomic mass is 10.1. The Bertz CT molecular complexity index is 820. The summed E-state index contributed by atoms with van der Waals surface area (Å²) in [6.45, 7) is 6.55. The fourth-order valence-corrected chi connectivity index (χ4v) is 3.34. The van der Waals surface area contributed by atoms with E-state index in [4.69, 9.17) is 21.1 Å². The zero-order valence-electron chi connectivity index (χ0n) is 15.9. The van der Waals surface area contributed by atoms with Gasteiger partial charge in [-0.1, -0.05) is 24.6 Å². The molecule has 3 rings (SSSR count). The van der Waals surface area contributed by atoms with Gasteiger partial charge < -0.3 is 19.3 Å². The van der Waals surface area contributed by atoms with E-state index in [0.717, 1.165) is 36.5 Å². The second-order valence-electron chi connectivity index (χ2n) is 6.42. The standard InChI is InChI=1S/C20H24ClN3O3/c1-4-15-12-18(19(26-3)22-14(15)2)27-20(25)24-10-8-23(9-11-24)17-7-5-6-16(21)13-17/h5-7,12-13H,4,8-11H2,1-3H3. The van der Waals surface area contributed by atoms with Gasteiger partial charge in [0, 0.05) is 42.6 Å². The van der Waals surface area contributed by atoms with Crippen molar-refractivity contribution < 1.29 is 14.3 Å². The van der Waals surface area contributed by atoms with E-state index in [1.54, 1.807) is 4.90 Å². The number of carbonyl (C=O) groups is 1. The average Bonchev–Trinajstić information content (AvgIpc) is 2.69. The van der Waals surface area contributed by atoms with Gasteiger partial charge in [-0.2, -0.15) is 0 Å². The number of aromatic nitrogens is 1. The highest BCUT2D eigenvalue weighted by Gasteiger charge is 2.24. The SMILES string of the molecule is CCc1cc(OC(=O)N2CCN(c3cccc(Cl)c3)CC2)c(OC)nc1C. The van der Waals surface area contributed by atoms with Gasteiger partial charge in [0.25, 0.3) is 5.88 Å². The van der Waals surface area contributed by atoms with Crippen LogP contribution in [0.1, 0.15) is 18.2 Å². The zero-order chi connectivity index (χ0) is 19.4. The third-order valence-electron chi connectivity index (χ3n) is 4.73. The van der Waals surface area contributed by atoms with Gasteiger partial charge >= 0.3 is 6.09 Å². The highest BCUT2D eigenvalue weighted by molar-refractivity contribution is 6.30. The molecule has 144 valence electrons. The van der Waals surface area contributed by atoms with E-state index >= 15 is 0 Å². The van der Waals surface area contributed by atoms with E-state index in [0.29, 0.717) is 29.7 Å². The number of benzene rings is 1. The first-order chi connectivity index (χ1) is 13.0. The first-order valence-electron chi connectivity index (χ1n) is 9.03. The molecule has 0 bridgehead atoms. The minimum Gasteiger partial charge on any atom is -0.478 e. The number of hydrogen-bond acceptors (Lipinski definition) is 5. The molecule has 1 fully saturated rings. The van der Waals surface area contributed by atoms with Crippen molar-refractivity contribution in [2.75, 3.05) is 38.2 Å². The highest BCUT2D eigenvalue weighted by atomic mass is 35.5. The van der Waals surface area contributed by atoms with Crippen molar-refractivity contribution >= 4 is 23.4 Å². The zero-order valence-corrected chi connectivity index (χ0v) is 16.6. The smallest absolute Gasteiger partial charge is 0.415 e. The summed E-state index contributed by atoms with van der Waals surface area (Å²) in [5.41, 5.74) is 2.97. The molecule has 7 heteroatoms. The summed E-state index contributed by atoms with van der Waals surface area (Å²) in [5, 5.41) is 0.708. The Kier molecular flexibility index (Phi) is 6.06. The molecular formula is C20H24ClN3O3. The van der Waals surface area contributed by atoms with Gasteiger partial charge in [0.1, 0.15) is 0 Å². The van der Waals surface area contributed by atoms with Gasteiger partial charge in [-0.3, -0.25) is 0 Å². The molecule has 1 aliphatic heterocycles. The third-order valence-corrected chi connectivity index (χ3v) is 4.97. The number of halogens is 1. The van der Waals surface area contributed by atoms with Crippen LogP contribution >= 0.6 is 11.6 Å². The fourth-order valence-electron chi connectivity index (χ4n) is 3.16. The second kappa shape index (κ2) is 8.48. The number of carbonyl (C=O) groups excluding carboxylic acids is 1. The quantitative estimate of drug-likeness (QED) is 0.792. The summed E-state index contributed by atoms with van der Waals surface area (Å²) in [7, 11) is 1.52. The molecule has 0 saturated carbocycles. The molecule has 1 aromatic heterocycles. The summed E-state index contributed by atoms with van der Waals surface area (Å²) in [5.74, 6) is 0.692. The maximum atomic E-state index is 12.6. The lowest BCUT2D eigenvalue weighted by Gasteiger charge is -2.35. The number of nitrogens with zero attached hydrogens (tertiary/aromatic N) is 3. The Hall–Kier alpha value is -2.47. The van der Waals surface area contributed by atoms with E-state index in [1.807, 2.05) is 44.2 Å². The van der Waals surface area contributed by atoms with Crippen molar-refractivity contribution in [1.29, 1.82) is 0 Å². The Morgan fingerprint density at radius 1 is 1.22 bits per heavy atom. The van der Waals surface area contributed by atoms with Gasteiger partial charge in [-0.25, -0.2) is 9.78 Å². The molecule has 0 atom stereocenters. The van der Waals surface area contributed by atoms with E-state index in [9.17, 15) is 4.79 Å². The van der Waals surface area contributed by atoms with Gasteiger partial charge in [-0.05, 0) is 43.2 Å². The van der Waals surface area contributed by atoms with Crippen LogP contribution in [0.3, 0.4) is 0 Å². The summed E-state index contributed by atoms with van der Waals surface area (Å²) in [6.07, 6.45) is 0.429. The lowest BCUT2D eigenvalue weighted by Crippen LogP contribution is -2.49. The summed E-state index contributed by atoms with van der Waals surface area (Å²) >= 11 is 6.07. The minimum absolute atomic E-state index is 0.329. The topological polar surface area (TPSA) is 54.9 Å². The number of hydrogen-bond donors (Lipinski definition) is 0. The number of ether oxygens (including phenoxy) is 2. The van der Waals surface area contributed by atoms with Crippen molar-refractivity contribution in [3.8, 4) is 11.6 Å². The average molecular weight is 390 g/mol. The van der Waals surface area contributed by atoms with Crippen LogP contribution in [0.25, 0.3) is 0 Å². The molecule has 2 aromatic rings. The molecule has 0 spiro atoms. The van der Waals surface area contributed by atoms with Crippen LogP contribution in [-0.4, -0.2) is 49.3 Å². The number of pyridine rings is 1. The van der Waals surface area contributed by atoms with Crippen molar-refractivity contribution in [1.82, 2.24) is 9.88 Å². The Morgan fingerprint density at radius 3 is 2.59 bits per heavy atom. The van der Waals surface area contributed by atoms with Crippen LogP contribution in [0.15, 0.2) is 30.3 Å². The van der Waals surface area contributed by atoms with Crippen LogP contribution in [0.2, 0.25) is 5.02 Å². The van der Waals surface area contributed by atoms with Crippen LogP contribution in [0, 0.1) is 6.92 Å². The molecule has 1 aromatic carbocycles. The first kappa shape index (κ1) is 19.3. The number of methoxy groups -OCH3 is 1. The number of rotatable bonds is 4. The van der Waals surface area contributed by atoms with Crippen LogP contribution in [0.4, 0.5) is 10.5 Å². The normalized spacial score (nSPS) is 14.2. The monoisotopic (exact) mass is 389 g/mol. The maximum absolute atomic E-state index is 12.6. The Balaban J connectivity index is 1.65. The summed E-state index contributed by atoms with van der Waals surface area (Å²) in [4.78, 5) is 20.9. The first-order valence-corrected chi connectivity index (χ1v) is 9.41. The second-order valence-corrected chi connectivity index (χ2v) is 6.85. The molecule has 1 aliphatic rings. The Labute approximate surface area is 164 Å². The van der Waals surface area contributed by atoms with E-state index in [2.05, 4.69) is 9.88 Å². The lowest BCUT2D eigenvalue weighted by molar-refractivity contribution is 0.147. The predicted octanol–water partition coefficient (Wildman–Crippen LogP) is 3.94. The van der Waals surface area contributed by atoms with Crippen molar-refractivity contribution in [3.63, 3.8) is 0 Å². The molecule has 0 radical (unpaired) electrons. The van der Waals surface area contributed by atoms with Gasteiger partial charge in [0.05, 0.1) is 7.11 Å². The van der Waals surface area contributed by atoms with Gasteiger partial charge in [-0.15, -0.1) is 0 Å². The molecule has 27 heavy (non-hydrogen) atoms. The van der Waals surface area contributed by atoms with Crippen molar-refractivity contribution in [2.24, 2.45) is 0 Å². The fraction of sp³-hybridized carbons (Fsp3) is 0.400. The van der Waals surface area contributed by atoms with Crippen molar-refractivity contribution in [2.45, 2.75) is 20.3 Å². The summed E-state index contributed by atoms with van der Waals surface area (Å²) in [6, 6.07) is 9.58. The third kappa shape index (κ3) is 4.45. The van der Waals surface area contributed by atoms with Gasteiger partial charge in [0.2, 0.25) is 0 Å². The molecular weight excluding hydrogens is 366 g/mol. The van der Waals surface area contributed by atoms with Crippen LogP contribution in [0.5, 0.6) is 11.6 Å². The largest absolute Gasteiger partial charge is 0.478 e. The number of piperazine rings is 1. The Morgan fingerprint density at radius 2 is 1.96 bits per heavy atom.